The molecule has 3 nitrogen and oxygen atoms in total. The number of nitrogens with one attached hydrogen (secondary N) is 1. The van der Waals surface area contributed by atoms with Gasteiger partial charge in [-0.05, 0) is 47.5 Å². The number of carbonyl (C=O) groups is 1. The van der Waals surface area contributed by atoms with Crippen LogP contribution in [0, 0.1) is 6.92 Å². The fourth-order valence-corrected chi connectivity index (χ4v) is 2.99. The molecule has 0 aliphatic heterocycles. The molecule has 1 amide bonds. The van der Waals surface area contributed by atoms with E-state index in [9.17, 15) is 4.79 Å². The predicted molar refractivity (Wildman–Crippen MR) is 97.9 cm³/mol. The topological polar surface area (TPSA) is 42.2 Å². The number of hydrogen-bond acceptors (Lipinski definition) is 2. The van der Waals surface area contributed by atoms with E-state index in [-0.39, 0.29) is 11.7 Å². The van der Waals surface area contributed by atoms with Gasteiger partial charge in [0, 0.05) is 16.1 Å². The average Bonchev–Trinajstić information content (AvgIpc) is 3.03. The second-order valence-corrected chi connectivity index (χ2v) is 6.16. The van der Waals surface area contributed by atoms with Crippen molar-refractivity contribution in [1.82, 2.24) is 0 Å². The fourth-order valence-electron chi connectivity index (χ4n) is 2.82. The van der Waals surface area contributed by atoms with E-state index in [0.717, 1.165) is 21.7 Å². The number of carbonyl (C=O) groups excluding carboxylic acids is 1. The standard InChI is InChI=1S/C20H14ClNO2/c1-12-6-8-14(21)10-17(12)22-20(23)19-11-16-15-5-3-2-4-13(15)7-9-18(16)24-19/h2-11H,1H3,(H,22,23). The highest BCUT2D eigenvalue weighted by Crippen LogP contribution is 2.29. The van der Waals surface area contributed by atoms with Gasteiger partial charge >= 0.3 is 0 Å². The Labute approximate surface area is 143 Å². The van der Waals surface area contributed by atoms with Gasteiger partial charge in [0.25, 0.3) is 5.91 Å². The highest BCUT2D eigenvalue weighted by Gasteiger charge is 2.15. The van der Waals surface area contributed by atoms with Gasteiger partial charge < -0.3 is 9.73 Å². The van der Waals surface area contributed by atoms with Crippen LogP contribution in [-0.4, -0.2) is 5.91 Å². The Balaban J connectivity index is 1.74. The van der Waals surface area contributed by atoms with Gasteiger partial charge in [0.1, 0.15) is 5.58 Å². The summed E-state index contributed by atoms with van der Waals surface area (Å²) in [5.41, 5.74) is 2.31. The molecule has 0 bridgehead atoms. The molecule has 4 heteroatoms. The van der Waals surface area contributed by atoms with Gasteiger partial charge in [-0.25, -0.2) is 0 Å². The molecule has 0 radical (unpaired) electrons. The molecule has 0 aliphatic carbocycles. The molecule has 3 aromatic carbocycles. The zero-order valence-electron chi connectivity index (χ0n) is 13.0. The third-order valence-electron chi connectivity index (χ3n) is 4.10. The molecule has 0 atom stereocenters. The number of anilines is 1. The highest BCUT2D eigenvalue weighted by molar-refractivity contribution is 6.31. The molecular formula is C20H14ClNO2. The van der Waals surface area contributed by atoms with Crippen molar-refractivity contribution in [3.05, 3.63) is 77.0 Å². The quantitative estimate of drug-likeness (QED) is 0.503. The zero-order chi connectivity index (χ0) is 16.7. The molecule has 1 heterocycles. The minimum Gasteiger partial charge on any atom is -0.451 e. The molecule has 4 aromatic rings. The van der Waals surface area contributed by atoms with Crippen LogP contribution in [0.1, 0.15) is 16.1 Å². The molecule has 0 fully saturated rings. The minimum absolute atomic E-state index is 0.278. The summed E-state index contributed by atoms with van der Waals surface area (Å²) in [5, 5.41) is 6.55. The van der Waals surface area contributed by atoms with Crippen molar-refractivity contribution in [3.8, 4) is 0 Å². The first-order valence-electron chi connectivity index (χ1n) is 7.60. The van der Waals surface area contributed by atoms with E-state index in [1.54, 1.807) is 18.2 Å². The molecular weight excluding hydrogens is 322 g/mol. The van der Waals surface area contributed by atoms with Crippen LogP contribution < -0.4 is 5.32 Å². The summed E-state index contributed by atoms with van der Waals surface area (Å²) < 4.78 is 5.74. The normalized spacial score (nSPS) is 11.1. The highest BCUT2D eigenvalue weighted by atomic mass is 35.5. The van der Waals surface area contributed by atoms with Crippen molar-refractivity contribution in [2.75, 3.05) is 5.32 Å². The summed E-state index contributed by atoms with van der Waals surface area (Å²) in [4.78, 5) is 12.5. The molecule has 24 heavy (non-hydrogen) atoms. The fraction of sp³-hybridized carbons (Fsp3) is 0.0500. The van der Waals surface area contributed by atoms with E-state index in [4.69, 9.17) is 16.0 Å². The molecule has 118 valence electrons. The summed E-state index contributed by atoms with van der Waals surface area (Å²) in [6, 6.07) is 19.1. The van der Waals surface area contributed by atoms with Crippen LogP contribution in [0.25, 0.3) is 21.7 Å². The van der Waals surface area contributed by atoms with Crippen molar-refractivity contribution in [2.24, 2.45) is 0 Å². The van der Waals surface area contributed by atoms with Gasteiger partial charge in [0.05, 0.1) is 0 Å². The first-order chi connectivity index (χ1) is 11.6. The van der Waals surface area contributed by atoms with Crippen LogP contribution in [0.15, 0.2) is 65.1 Å². The van der Waals surface area contributed by atoms with Gasteiger partial charge in [0.2, 0.25) is 0 Å². The van der Waals surface area contributed by atoms with Crippen molar-refractivity contribution in [3.63, 3.8) is 0 Å². The Morgan fingerprint density at radius 2 is 1.83 bits per heavy atom. The summed E-state index contributed by atoms with van der Waals surface area (Å²) in [7, 11) is 0. The smallest absolute Gasteiger partial charge is 0.291 e. The Kier molecular flexibility index (Phi) is 3.51. The van der Waals surface area contributed by atoms with E-state index < -0.39 is 0 Å². The van der Waals surface area contributed by atoms with Crippen molar-refractivity contribution in [1.29, 1.82) is 0 Å². The van der Waals surface area contributed by atoms with Crippen LogP contribution in [-0.2, 0) is 0 Å². The molecule has 0 saturated heterocycles. The van der Waals surface area contributed by atoms with Crippen molar-refractivity contribution in [2.45, 2.75) is 6.92 Å². The second kappa shape index (κ2) is 5.69. The van der Waals surface area contributed by atoms with Gasteiger partial charge in [0.15, 0.2) is 5.76 Å². The average molecular weight is 336 g/mol. The lowest BCUT2D eigenvalue weighted by molar-refractivity contribution is 0.0998. The van der Waals surface area contributed by atoms with Gasteiger partial charge in [-0.3, -0.25) is 4.79 Å². The number of fused-ring (bicyclic) bond motifs is 3. The molecule has 1 aromatic heterocycles. The third-order valence-corrected chi connectivity index (χ3v) is 4.33. The Hall–Kier alpha value is -2.78. The second-order valence-electron chi connectivity index (χ2n) is 5.72. The van der Waals surface area contributed by atoms with Crippen LogP contribution in [0.3, 0.4) is 0 Å². The summed E-state index contributed by atoms with van der Waals surface area (Å²) in [6.45, 7) is 1.91. The lowest BCUT2D eigenvalue weighted by Crippen LogP contribution is -2.11. The molecule has 0 aliphatic rings. The number of amides is 1. The zero-order valence-corrected chi connectivity index (χ0v) is 13.7. The number of benzene rings is 3. The molecule has 0 spiro atoms. The minimum atomic E-state index is -0.291. The number of halogens is 1. The number of furan rings is 1. The lowest BCUT2D eigenvalue weighted by atomic mass is 10.1. The monoisotopic (exact) mass is 335 g/mol. The van der Waals surface area contributed by atoms with E-state index in [1.807, 2.05) is 49.4 Å². The summed E-state index contributed by atoms with van der Waals surface area (Å²) >= 11 is 6.00. The Bertz CT molecular complexity index is 1080. The van der Waals surface area contributed by atoms with Gasteiger partial charge in [-0.1, -0.05) is 48.0 Å². The van der Waals surface area contributed by atoms with E-state index in [2.05, 4.69) is 5.32 Å². The summed E-state index contributed by atoms with van der Waals surface area (Å²) in [6.07, 6.45) is 0. The first-order valence-corrected chi connectivity index (χ1v) is 7.98. The molecule has 1 N–H and O–H groups in total. The largest absolute Gasteiger partial charge is 0.451 e. The predicted octanol–water partition coefficient (Wildman–Crippen LogP) is 5.80. The van der Waals surface area contributed by atoms with E-state index >= 15 is 0 Å². The molecule has 0 unspecified atom stereocenters. The lowest BCUT2D eigenvalue weighted by Gasteiger charge is -2.07. The number of aryl methyl sites for hydroxylation is 1. The van der Waals surface area contributed by atoms with Gasteiger partial charge in [-0.2, -0.15) is 0 Å². The van der Waals surface area contributed by atoms with Crippen LogP contribution in [0.4, 0.5) is 5.69 Å². The maximum atomic E-state index is 12.5. The molecule has 0 saturated carbocycles. The van der Waals surface area contributed by atoms with E-state index in [1.165, 1.54) is 0 Å². The Morgan fingerprint density at radius 1 is 1.00 bits per heavy atom. The summed E-state index contributed by atoms with van der Waals surface area (Å²) in [5.74, 6) is -0.0126. The maximum absolute atomic E-state index is 12.5. The van der Waals surface area contributed by atoms with Crippen molar-refractivity contribution >= 4 is 44.9 Å². The van der Waals surface area contributed by atoms with Gasteiger partial charge in [-0.15, -0.1) is 0 Å². The van der Waals surface area contributed by atoms with Crippen LogP contribution >= 0.6 is 11.6 Å². The Morgan fingerprint density at radius 3 is 2.71 bits per heavy atom. The van der Waals surface area contributed by atoms with Crippen LogP contribution in [0.2, 0.25) is 5.02 Å². The first kappa shape index (κ1) is 14.8. The van der Waals surface area contributed by atoms with Crippen molar-refractivity contribution < 1.29 is 9.21 Å². The maximum Gasteiger partial charge on any atom is 0.291 e. The third kappa shape index (κ3) is 2.53. The number of hydrogen-bond donors (Lipinski definition) is 1. The van der Waals surface area contributed by atoms with Crippen LogP contribution in [0.5, 0.6) is 0 Å². The van der Waals surface area contributed by atoms with E-state index in [0.29, 0.717) is 16.3 Å². The number of rotatable bonds is 2. The molecule has 4 rings (SSSR count). The SMILES string of the molecule is Cc1ccc(Cl)cc1NC(=O)c1cc2c(ccc3ccccc32)o1.